The molecule has 3 heterocycles. The third-order valence-electron chi connectivity index (χ3n) is 5.36. The van der Waals surface area contributed by atoms with E-state index in [1.165, 1.54) is 32.4 Å². The smallest absolute Gasteiger partial charge is 0.218 e. The van der Waals surface area contributed by atoms with Crippen molar-refractivity contribution in [3.05, 3.63) is 0 Å². The molecule has 3 rings (SSSR count). The van der Waals surface area contributed by atoms with Gasteiger partial charge in [0.2, 0.25) is 10.0 Å². The van der Waals surface area contributed by atoms with Crippen molar-refractivity contribution in [2.24, 2.45) is 0 Å². The topological polar surface area (TPSA) is 52.7 Å². The Balaban J connectivity index is 1.54. The first-order chi connectivity index (χ1) is 10.2. The molecule has 5 nitrogen and oxygen atoms in total. The predicted molar refractivity (Wildman–Crippen MR) is 84.8 cm³/mol. The number of likely N-dealkylation sites (tertiary alicyclic amines) is 1. The molecule has 0 bridgehead atoms. The van der Waals surface area contributed by atoms with Crippen molar-refractivity contribution in [3.8, 4) is 0 Å². The average molecular weight is 315 g/mol. The summed E-state index contributed by atoms with van der Waals surface area (Å²) in [5.41, 5.74) is 0. The third kappa shape index (κ3) is 3.60. The Hall–Kier alpha value is -0.170. The summed E-state index contributed by atoms with van der Waals surface area (Å²) >= 11 is 0. The maximum Gasteiger partial charge on any atom is 0.218 e. The van der Waals surface area contributed by atoms with Gasteiger partial charge in [-0.05, 0) is 58.2 Å². The average Bonchev–Trinajstić information content (AvgIpc) is 2.57. The molecule has 122 valence electrons. The molecule has 0 saturated carbocycles. The Bertz CT molecular complexity index is 420. The maximum absolute atomic E-state index is 12.7. The van der Waals surface area contributed by atoms with Crippen LogP contribution in [0.2, 0.25) is 0 Å². The van der Waals surface area contributed by atoms with Crippen LogP contribution in [0.15, 0.2) is 0 Å². The molecule has 1 atom stereocenters. The zero-order valence-corrected chi connectivity index (χ0v) is 13.8. The van der Waals surface area contributed by atoms with E-state index in [9.17, 15) is 8.42 Å². The van der Waals surface area contributed by atoms with Crippen LogP contribution >= 0.6 is 0 Å². The zero-order valence-electron chi connectivity index (χ0n) is 13.0. The lowest BCUT2D eigenvalue weighted by Gasteiger charge is -2.40. The van der Waals surface area contributed by atoms with E-state index in [1.54, 1.807) is 4.31 Å². The molecule has 0 aliphatic carbocycles. The normalized spacial score (nSPS) is 31.3. The molecule has 0 aromatic rings. The fourth-order valence-corrected chi connectivity index (χ4v) is 5.96. The van der Waals surface area contributed by atoms with E-state index in [2.05, 4.69) is 10.2 Å². The Labute approximate surface area is 129 Å². The standard InChI is InChI=1S/C15H29N3O2S/c19-21(20,15-5-4-8-16-13-15)18-11-6-14(7-12-18)17-9-2-1-3-10-17/h14-16H,1-13H2. The summed E-state index contributed by atoms with van der Waals surface area (Å²) in [6.45, 7) is 5.46. The van der Waals surface area contributed by atoms with Gasteiger partial charge in [-0.25, -0.2) is 12.7 Å². The minimum Gasteiger partial charge on any atom is -0.315 e. The molecule has 0 amide bonds. The van der Waals surface area contributed by atoms with Crippen LogP contribution in [0.3, 0.4) is 0 Å². The number of sulfonamides is 1. The molecular weight excluding hydrogens is 286 g/mol. The van der Waals surface area contributed by atoms with Crippen molar-refractivity contribution in [1.29, 1.82) is 0 Å². The molecule has 1 unspecified atom stereocenters. The van der Waals surface area contributed by atoms with Gasteiger partial charge in [0.05, 0.1) is 5.25 Å². The first-order valence-corrected chi connectivity index (χ1v) is 10.1. The van der Waals surface area contributed by atoms with Crippen molar-refractivity contribution in [3.63, 3.8) is 0 Å². The van der Waals surface area contributed by atoms with Crippen molar-refractivity contribution in [2.75, 3.05) is 39.3 Å². The molecule has 3 aliphatic heterocycles. The molecule has 1 N–H and O–H groups in total. The fraction of sp³-hybridized carbons (Fsp3) is 1.00. The van der Waals surface area contributed by atoms with Gasteiger partial charge in [0.25, 0.3) is 0 Å². The Morgan fingerprint density at radius 1 is 0.857 bits per heavy atom. The minimum absolute atomic E-state index is 0.196. The maximum atomic E-state index is 12.7. The first kappa shape index (κ1) is 15.7. The summed E-state index contributed by atoms with van der Waals surface area (Å²) in [5, 5.41) is 3.03. The second-order valence-corrected chi connectivity index (χ2v) is 8.95. The molecule has 6 heteroatoms. The number of nitrogens with zero attached hydrogens (tertiary/aromatic N) is 2. The van der Waals surface area contributed by atoms with Gasteiger partial charge >= 0.3 is 0 Å². The van der Waals surface area contributed by atoms with Gasteiger partial charge in [0.15, 0.2) is 0 Å². The van der Waals surface area contributed by atoms with Gasteiger partial charge in [0, 0.05) is 25.7 Å². The molecule has 0 aromatic carbocycles. The Morgan fingerprint density at radius 3 is 2.19 bits per heavy atom. The summed E-state index contributed by atoms with van der Waals surface area (Å²) < 4.78 is 27.2. The summed E-state index contributed by atoms with van der Waals surface area (Å²) in [4.78, 5) is 2.59. The molecule has 0 spiro atoms. The van der Waals surface area contributed by atoms with Gasteiger partial charge in [-0.2, -0.15) is 0 Å². The van der Waals surface area contributed by atoms with Gasteiger partial charge in [-0.1, -0.05) is 6.42 Å². The van der Waals surface area contributed by atoms with E-state index in [4.69, 9.17) is 0 Å². The zero-order chi connectivity index (χ0) is 14.7. The monoisotopic (exact) mass is 315 g/mol. The lowest BCUT2D eigenvalue weighted by Crippen LogP contribution is -2.52. The lowest BCUT2D eigenvalue weighted by atomic mass is 10.0. The van der Waals surface area contributed by atoms with Crippen molar-refractivity contribution >= 4 is 10.0 Å². The highest BCUT2D eigenvalue weighted by Gasteiger charge is 2.36. The van der Waals surface area contributed by atoms with E-state index in [1.807, 2.05) is 0 Å². The van der Waals surface area contributed by atoms with Gasteiger partial charge in [0.1, 0.15) is 0 Å². The number of rotatable bonds is 3. The van der Waals surface area contributed by atoms with Crippen molar-refractivity contribution < 1.29 is 8.42 Å². The predicted octanol–water partition coefficient (Wildman–Crippen LogP) is 1.02. The highest BCUT2D eigenvalue weighted by molar-refractivity contribution is 7.89. The Kier molecular flexibility index (Phi) is 5.19. The molecule has 21 heavy (non-hydrogen) atoms. The van der Waals surface area contributed by atoms with E-state index in [0.29, 0.717) is 12.6 Å². The number of hydrogen-bond acceptors (Lipinski definition) is 4. The van der Waals surface area contributed by atoms with Crippen LogP contribution in [0.5, 0.6) is 0 Å². The number of nitrogens with one attached hydrogen (secondary N) is 1. The summed E-state index contributed by atoms with van der Waals surface area (Å²) in [7, 11) is -3.09. The largest absolute Gasteiger partial charge is 0.315 e. The van der Waals surface area contributed by atoms with E-state index in [0.717, 1.165) is 45.3 Å². The van der Waals surface area contributed by atoms with Gasteiger partial charge in [-0.3, -0.25) is 0 Å². The van der Waals surface area contributed by atoms with Crippen LogP contribution in [0.4, 0.5) is 0 Å². The van der Waals surface area contributed by atoms with Crippen LogP contribution in [0.1, 0.15) is 44.9 Å². The minimum atomic E-state index is -3.09. The Morgan fingerprint density at radius 2 is 1.57 bits per heavy atom. The van der Waals surface area contributed by atoms with Crippen LogP contribution in [0.25, 0.3) is 0 Å². The molecule has 3 saturated heterocycles. The number of piperidine rings is 3. The first-order valence-electron chi connectivity index (χ1n) is 8.61. The molecule has 3 aliphatic rings. The molecular formula is C15H29N3O2S. The van der Waals surface area contributed by atoms with Gasteiger partial charge < -0.3 is 10.2 Å². The van der Waals surface area contributed by atoms with Gasteiger partial charge in [-0.15, -0.1) is 0 Å². The highest BCUT2D eigenvalue weighted by Crippen LogP contribution is 2.25. The summed E-state index contributed by atoms with van der Waals surface area (Å²) in [5.74, 6) is 0. The fourth-order valence-electron chi connectivity index (χ4n) is 4.03. The van der Waals surface area contributed by atoms with Crippen molar-refractivity contribution in [1.82, 2.24) is 14.5 Å². The third-order valence-corrected chi connectivity index (χ3v) is 7.69. The van der Waals surface area contributed by atoms with E-state index in [-0.39, 0.29) is 5.25 Å². The van der Waals surface area contributed by atoms with E-state index >= 15 is 0 Å². The lowest BCUT2D eigenvalue weighted by molar-refractivity contribution is 0.117. The molecule has 3 fully saturated rings. The van der Waals surface area contributed by atoms with E-state index < -0.39 is 10.0 Å². The molecule has 0 aromatic heterocycles. The second kappa shape index (κ2) is 6.94. The second-order valence-electron chi connectivity index (χ2n) is 6.74. The van der Waals surface area contributed by atoms with Crippen LogP contribution in [-0.2, 0) is 10.0 Å². The quantitative estimate of drug-likeness (QED) is 0.845. The summed E-state index contributed by atoms with van der Waals surface area (Å²) in [6.07, 6.45) is 7.81. The highest BCUT2D eigenvalue weighted by atomic mass is 32.2. The van der Waals surface area contributed by atoms with Crippen LogP contribution in [-0.4, -0.2) is 68.2 Å². The van der Waals surface area contributed by atoms with Crippen LogP contribution < -0.4 is 5.32 Å². The summed E-state index contributed by atoms with van der Waals surface area (Å²) in [6, 6.07) is 0.612. The SMILES string of the molecule is O=S(=O)(C1CCCNC1)N1CCC(N2CCCCC2)CC1. The molecule has 0 radical (unpaired) electrons. The van der Waals surface area contributed by atoms with Crippen molar-refractivity contribution in [2.45, 2.75) is 56.2 Å². The number of hydrogen-bond donors (Lipinski definition) is 1. The van der Waals surface area contributed by atoms with Crippen LogP contribution in [0, 0.1) is 0 Å².